The highest BCUT2D eigenvalue weighted by atomic mass is 35.5. The van der Waals surface area contributed by atoms with Crippen molar-refractivity contribution in [2.45, 2.75) is 13.0 Å². The van der Waals surface area contributed by atoms with E-state index in [1.807, 2.05) is 0 Å². The quantitative estimate of drug-likeness (QED) is 0.336. The minimum atomic E-state index is -1.06. The van der Waals surface area contributed by atoms with Crippen LogP contribution in [0.15, 0.2) is 42.5 Å². The van der Waals surface area contributed by atoms with Crippen molar-refractivity contribution in [1.29, 1.82) is 0 Å². The Morgan fingerprint density at radius 3 is 2.28 bits per heavy atom. The molecule has 0 aromatic heterocycles. The summed E-state index contributed by atoms with van der Waals surface area (Å²) in [5, 5.41) is 10.8. The Morgan fingerprint density at radius 2 is 1.72 bits per heavy atom. The third-order valence-electron chi connectivity index (χ3n) is 3.41. The Bertz CT molecular complexity index is 818. The number of nitro groups is 1. The first kappa shape index (κ1) is 18.4. The average Bonchev–Trinajstić information content (AvgIpc) is 2.61. The zero-order valence-electron chi connectivity index (χ0n) is 13.4. The maximum Gasteiger partial charge on any atom is 0.339 e. The van der Waals surface area contributed by atoms with Crippen molar-refractivity contribution in [3.8, 4) is 5.75 Å². The molecule has 0 amide bonds. The summed E-state index contributed by atoms with van der Waals surface area (Å²) in [6.45, 7) is 1.43. The normalized spacial score (nSPS) is 11.5. The summed E-state index contributed by atoms with van der Waals surface area (Å²) in [5.41, 5.74) is -0.126. The fourth-order valence-corrected chi connectivity index (χ4v) is 2.24. The van der Waals surface area contributed by atoms with Crippen LogP contribution in [0.4, 0.5) is 5.69 Å². The molecule has 0 fully saturated rings. The molecule has 0 radical (unpaired) electrons. The van der Waals surface area contributed by atoms with Crippen molar-refractivity contribution in [3.05, 3.63) is 68.7 Å². The Balaban J connectivity index is 2.12. The van der Waals surface area contributed by atoms with Crippen molar-refractivity contribution >= 4 is 29.0 Å². The molecule has 0 heterocycles. The molecule has 2 rings (SSSR count). The monoisotopic (exact) mass is 363 g/mol. The van der Waals surface area contributed by atoms with Crippen LogP contribution in [-0.2, 0) is 4.74 Å². The first-order valence-electron chi connectivity index (χ1n) is 7.16. The minimum absolute atomic E-state index is 0.0644. The van der Waals surface area contributed by atoms with Crippen LogP contribution < -0.4 is 4.74 Å². The fraction of sp³-hybridized carbons (Fsp3) is 0.176. The highest BCUT2D eigenvalue weighted by molar-refractivity contribution is 6.32. The molecule has 0 aliphatic carbocycles. The summed E-state index contributed by atoms with van der Waals surface area (Å²) in [5.74, 6) is -0.664. The highest BCUT2D eigenvalue weighted by Crippen LogP contribution is 2.25. The second kappa shape index (κ2) is 7.76. The molecule has 0 bridgehead atoms. The number of benzene rings is 2. The first-order chi connectivity index (χ1) is 11.8. The number of rotatable bonds is 6. The number of hydrogen-bond donors (Lipinski definition) is 0. The topological polar surface area (TPSA) is 95.7 Å². The van der Waals surface area contributed by atoms with Gasteiger partial charge in [-0.1, -0.05) is 11.6 Å². The minimum Gasteiger partial charge on any atom is -0.497 e. The van der Waals surface area contributed by atoms with Gasteiger partial charge in [-0.25, -0.2) is 4.79 Å². The number of hydrogen-bond acceptors (Lipinski definition) is 6. The van der Waals surface area contributed by atoms with Gasteiger partial charge in [0.15, 0.2) is 6.10 Å². The van der Waals surface area contributed by atoms with Gasteiger partial charge in [0, 0.05) is 11.6 Å². The Labute approximate surface area is 148 Å². The van der Waals surface area contributed by atoms with E-state index in [2.05, 4.69) is 0 Å². The van der Waals surface area contributed by atoms with E-state index < -0.39 is 28.5 Å². The number of nitro benzene ring substituents is 1. The van der Waals surface area contributed by atoms with Gasteiger partial charge in [-0.3, -0.25) is 14.9 Å². The molecule has 2 aromatic rings. The van der Waals surface area contributed by atoms with Crippen molar-refractivity contribution in [2.75, 3.05) is 7.11 Å². The van der Waals surface area contributed by atoms with E-state index in [0.29, 0.717) is 11.3 Å². The lowest BCUT2D eigenvalue weighted by Gasteiger charge is -2.12. The van der Waals surface area contributed by atoms with Gasteiger partial charge in [0.1, 0.15) is 10.8 Å². The van der Waals surface area contributed by atoms with E-state index in [-0.39, 0.29) is 10.6 Å². The van der Waals surface area contributed by atoms with Crippen LogP contribution in [0.1, 0.15) is 27.6 Å². The van der Waals surface area contributed by atoms with Crippen LogP contribution in [0.5, 0.6) is 5.75 Å². The molecular weight excluding hydrogens is 350 g/mol. The highest BCUT2D eigenvalue weighted by Gasteiger charge is 2.22. The van der Waals surface area contributed by atoms with Crippen LogP contribution in [0.25, 0.3) is 0 Å². The molecular formula is C17H14ClNO6. The predicted octanol–water partition coefficient (Wildman–Crippen LogP) is 3.69. The van der Waals surface area contributed by atoms with Crippen molar-refractivity contribution in [2.24, 2.45) is 0 Å². The molecule has 0 N–H and O–H groups in total. The lowest BCUT2D eigenvalue weighted by Crippen LogP contribution is -2.24. The van der Waals surface area contributed by atoms with Crippen molar-refractivity contribution in [3.63, 3.8) is 0 Å². The van der Waals surface area contributed by atoms with E-state index in [1.165, 1.54) is 26.2 Å². The number of ether oxygens (including phenoxy) is 2. The van der Waals surface area contributed by atoms with Gasteiger partial charge in [-0.2, -0.15) is 0 Å². The second-order valence-corrected chi connectivity index (χ2v) is 5.47. The van der Waals surface area contributed by atoms with Gasteiger partial charge >= 0.3 is 5.97 Å². The van der Waals surface area contributed by atoms with Crippen LogP contribution in [-0.4, -0.2) is 29.9 Å². The molecule has 0 aliphatic heterocycles. The standard InChI is InChI=1S/C17H14ClNO6/c1-10(16(20)11-3-6-13(24-2)7-4-11)25-17(21)12-5-8-14(18)15(9-12)19(22)23/h3-10H,1-2H3/t10-/m0/s1. The SMILES string of the molecule is COc1ccc(C(=O)[C@H](C)OC(=O)c2ccc(Cl)c([N+](=O)[O-])c2)cc1. The smallest absolute Gasteiger partial charge is 0.339 e. The van der Waals surface area contributed by atoms with Crippen molar-refractivity contribution in [1.82, 2.24) is 0 Å². The van der Waals surface area contributed by atoms with Crippen LogP contribution in [0, 0.1) is 10.1 Å². The average molecular weight is 364 g/mol. The summed E-state index contributed by atoms with van der Waals surface area (Å²) in [6, 6.07) is 9.87. The molecule has 0 spiro atoms. The fourth-order valence-electron chi connectivity index (χ4n) is 2.05. The zero-order valence-corrected chi connectivity index (χ0v) is 14.1. The summed E-state index contributed by atoms with van der Waals surface area (Å²) >= 11 is 5.70. The lowest BCUT2D eigenvalue weighted by molar-refractivity contribution is -0.384. The van der Waals surface area contributed by atoms with E-state index in [0.717, 1.165) is 6.07 Å². The van der Waals surface area contributed by atoms with Crippen LogP contribution in [0.2, 0.25) is 5.02 Å². The molecule has 130 valence electrons. The number of esters is 1. The molecule has 1 atom stereocenters. The van der Waals surface area contributed by atoms with E-state index >= 15 is 0 Å². The maximum absolute atomic E-state index is 12.3. The zero-order chi connectivity index (χ0) is 18.6. The van der Waals surface area contributed by atoms with Gasteiger partial charge in [0.05, 0.1) is 17.6 Å². The van der Waals surface area contributed by atoms with Gasteiger partial charge in [-0.05, 0) is 43.3 Å². The number of carbonyl (C=O) groups is 2. The molecule has 8 heteroatoms. The largest absolute Gasteiger partial charge is 0.497 e. The summed E-state index contributed by atoms with van der Waals surface area (Å²) in [7, 11) is 1.51. The van der Waals surface area contributed by atoms with E-state index in [9.17, 15) is 19.7 Å². The summed E-state index contributed by atoms with van der Waals surface area (Å²) in [4.78, 5) is 34.6. The Hall–Kier alpha value is -2.93. The number of Topliss-reactive ketones (excluding diaryl/α,β-unsaturated/α-hetero) is 1. The molecule has 25 heavy (non-hydrogen) atoms. The molecule has 0 saturated carbocycles. The lowest BCUT2D eigenvalue weighted by atomic mass is 10.1. The van der Waals surface area contributed by atoms with Gasteiger partial charge in [0.25, 0.3) is 5.69 Å². The van der Waals surface area contributed by atoms with Crippen LogP contribution >= 0.6 is 11.6 Å². The molecule has 0 aliphatic rings. The Kier molecular flexibility index (Phi) is 5.71. The Morgan fingerprint density at radius 1 is 1.12 bits per heavy atom. The number of halogens is 1. The molecule has 0 unspecified atom stereocenters. The summed E-state index contributed by atoms with van der Waals surface area (Å²) < 4.78 is 10.1. The number of ketones is 1. The third kappa shape index (κ3) is 4.33. The number of methoxy groups -OCH3 is 1. The predicted molar refractivity (Wildman–Crippen MR) is 90.3 cm³/mol. The molecule has 7 nitrogen and oxygen atoms in total. The summed E-state index contributed by atoms with van der Waals surface area (Å²) in [6.07, 6.45) is -1.06. The first-order valence-corrected chi connectivity index (χ1v) is 7.54. The number of carbonyl (C=O) groups excluding carboxylic acids is 2. The molecule has 0 saturated heterocycles. The van der Waals surface area contributed by atoms with E-state index in [4.69, 9.17) is 21.1 Å². The van der Waals surface area contributed by atoms with Gasteiger partial charge < -0.3 is 9.47 Å². The third-order valence-corrected chi connectivity index (χ3v) is 3.73. The van der Waals surface area contributed by atoms with Gasteiger partial charge in [0.2, 0.25) is 5.78 Å². The van der Waals surface area contributed by atoms with Gasteiger partial charge in [-0.15, -0.1) is 0 Å². The van der Waals surface area contributed by atoms with E-state index in [1.54, 1.807) is 24.3 Å². The van der Waals surface area contributed by atoms with Crippen molar-refractivity contribution < 1.29 is 24.0 Å². The number of nitrogens with zero attached hydrogens (tertiary/aromatic N) is 1. The van der Waals surface area contributed by atoms with Crippen LogP contribution in [0.3, 0.4) is 0 Å². The maximum atomic E-state index is 12.3. The second-order valence-electron chi connectivity index (χ2n) is 5.06. The molecule has 2 aromatic carbocycles.